The van der Waals surface area contributed by atoms with Crippen molar-refractivity contribution < 1.29 is 44.0 Å². The second-order valence-corrected chi connectivity index (χ2v) is 7.24. The van der Waals surface area contributed by atoms with Crippen molar-refractivity contribution in [2.45, 2.75) is 26.9 Å². The number of ether oxygens (including phenoxy) is 2. The van der Waals surface area contributed by atoms with E-state index >= 15 is 0 Å². The number of carbonyl (C=O) groups is 4. The molecule has 0 amide bonds. The minimum atomic E-state index is -1.01. The minimum absolute atomic E-state index is 0.0582. The lowest BCUT2D eigenvalue weighted by molar-refractivity contribution is -0.140. The summed E-state index contributed by atoms with van der Waals surface area (Å²) in [6.07, 6.45) is 2.44. The van der Waals surface area contributed by atoms with Gasteiger partial charge < -0.3 is 24.8 Å². The Morgan fingerprint density at radius 1 is 0.892 bits per heavy atom. The number of phenols is 1. The highest BCUT2D eigenvalue weighted by Gasteiger charge is 2.09. The normalized spacial score (nSPS) is 9.73. The second kappa shape index (κ2) is 17.5. The van der Waals surface area contributed by atoms with Crippen molar-refractivity contribution in [2.24, 2.45) is 0 Å². The highest BCUT2D eigenvalue weighted by atomic mass is 16.5. The number of carboxylic acids is 2. The third-order valence-corrected chi connectivity index (χ3v) is 4.08. The number of esters is 2. The van der Waals surface area contributed by atoms with E-state index in [1.54, 1.807) is 19.1 Å². The molecule has 0 unspecified atom stereocenters. The first kappa shape index (κ1) is 32.1. The maximum absolute atomic E-state index is 11.6. The van der Waals surface area contributed by atoms with Crippen LogP contribution >= 0.6 is 0 Å². The number of hydrogen-bond acceptors (Lipinski definition) is 7. The van der Waals surface area contributed by atoms with Crippen LogP contribution in [0.15, 0.2) is 103 Å². The molecule has 0 saturated heterocycles. The molecule has 2 aromatic carbocycles. The fraction of sp³-hybridized carbons (Fsp3) is 0.143. The highest BCUT2D eigenvalue weighted by molar-refractivity contribution is 5.90. The summed E-state index contributed by atoms with van der Waals surface area (Å²) in [7, 11) is 0. The summed E-state index contributed by atoms with van der Waals surface area (Å²) in [5, 5.41) is 25.5. The SMILES string of the molecule is C=C(C)C(=O)Oc1ccccc1O.C=C(CC=C(C)C(=O)O)C(=O)OCc1ccccc1.C=CC(=O)O. The lowest BCUT2D eigenvalue weighted by atomic mass is 10.1. The number of phenolic OH excluding ortho intramolecular Hbond substituents is 1. The Morgan fingerprint density at radius 3 is 1.92 bits per heavy atom. The molecule has 0 aliphatic rings. The fourth-order valence-corrected chi connectivity index (χ4v) is 2.00. The van der Waals surface area contributed by atoms with Crippen LogP contribution in [0, 0.1) is 0 Å². The van der Waals surface area contributed by atoms with Crippen molar-refractivity contribution in [2.75, 3.05) is 0 Å². The quantitative estimate of drug-likeness (QED) is 0.245. The number of aromatic hydroxyl groups is 1. The Bertz CT molecular complexity index is 1150. The first-order valence-electron chi connectivity index (χ1n) is 10.7. The van der Waals surface area contributed by atoms with Gasteiger partial charge in [-0.1, -0.05) is 68.3 Å². The molecule has 0 heterocycles. The summed E-state index contributed by atoms with van der Waals surface area (Å²) in [5.41, 5.74) is 1.60. The van der Waals surface area contributed by atoms with Gasteiger partial charge in [0, 0.05) is 22.8 Å². The molecule has 0 aliphatic carbocycles. The van der Waals surface area contributed by atoms with Gasteiger partial charge in [-0.3, -0.25) is 0 Å². The predicted molar refractivity (Wildman–Crippen MR) is 138 cm³/mol. The van der Waals surface area contributed by atoms with Gasteiger partial charge in [-0.2, -0.15) is 0 Å². The molecule has 2 aromatic rings. The lowest BCUT2D eigenvalue weighted by Crippen LogP contribution is -2.08. The number of benzene rings is 2. The number of aliphatic carboxylic acids is 2. The van der Waals surface area contributed by atoms with E-state index in [0.717, 1.165) is 11.6 Å². The van der Waals surface area contributed by atoms with Crippen LogP contribution in [0.2, 0.25) is 0 Å². The van der Waals surface area contributed by atoms with Crippen LogP contribution in [0.3, 0.4) is 0 Å². The second-order valence-electron chi connectivity index (χ2n) is 7.24. The van der Waals surface area contributed by atoms with Crippen LogP contribution < -0.4 is 4.74 Å². The maximum atomic E-state index is 11.6. The van der Waals surface area contributed by atoms with Crippen LogP contribution in [0.25, 0.3) is 0 Å². The molecular formula is C28H30O9. The fourth-order valence-electron chi connectivity index (χ4n) is 2.00. The first-order chi connectivity index (χ1) is 17.4. The van der Waals surface area contributed by atoms with Crippen LogP contribution in [0.5, 0.6) is 11.5 Å². The average molecular weight is 511 g/mol. The highest BCUT2D eigenvalue weighted by Crippen LogP contribution is 2.24. The minimum Gasteiger partial charge on any atom is -0.504 e. The van der Waals surface area contributed by atoms with E-state index in [9.17, 15) is 24.3 Å². The van der Waals surface area contributed by atoms with Gasteiger partial charge in [0.25, 0.3) is 0 Å². The largest absolute Gasteiger partial charge is 0.504 e. The van der Waals surface area contributed by atoms with E-state index in [1.807, 2.05) is 30.3 Å². The molecule has 3 N–H and O–H groups in total. The van der Waals surface area contributed by atoms with Crippen molar-refractivity contribution in [1.29, 1.82) is 0 Å². The first-order valence-corrected chi connectivity index (χ1v) is 10.7. The molecule has 0 saturated carbocycles. The number of rotatable bonds is 9. The van der Waals surface area contributed by atoms with Gasteiger partial charge in [0.2, 0.25) is 0 Å². The van der Waals surface area contributed by atoms with Crippen molar-refractivity contribution >= 4 is 23.9 Å². The number of carboxylic acid groups (broad SMARTS) is 2. The van der Waals surface area contributed by atoms with Crippen molar-refractivity contribution in [3.63, 3.8) is 0 Å². The molecule has 0 fully saturated rings. The number of para-hydroxylation sites is 2. The van der Waals surface area contributed by atoms with E-state index in [-0.39, 0.29) is 35.7 Å². The number of allylic oxidation sites excluding steroid dienone is 1. The predicted octanol–water partition coefficient (Wildman–Crippen LogP) is 4.84. The molecule has 196 valence electrons. The molecular weight excluding hydrogens is 480 g/mol. The van der Waals surface area contributed by atoms with Crippen LogP contribution in [-0.4, -0.2) is 39.2 Å². The smallest absolute Gasteiger partial charge is 0.338 e. The van der Waals surface area contributed by atoms with E-state index in [4.69, 9.17) is 19.7 Å². The van der Waals surface area contributed by atoms with E-state index in [0.29, 0.717) is 5.57 Å². The molecule has 0 aliphatic heterocycles. The molecule has 2 rings (SSSR count). The van der Waals surface area contributed by atoms with Crippen LogP contribution in [-0.2, 0) is 30.5 Å². The van der Waals surface area contributed by atoms with Gasteiger partial charge >= 0.3 is 23.9 Å². The van der Waals surface area contributed by atoms with Gasteiger partial charge in [-0.25, -0.2) is 19.2 Å². The van der Waals surface area contributed by atoms with Crippen LogP contribution in [0.1, 0.15) is 25.8 Å². The lowest BCUT2D eigenvalue weighted by Gasteiger charge is -2.05. The summed E-state index contributed by atoms with van der Waals surface area (Å²) in [6, 6.07) is 15.6. The summed E-state index contributed by atoms with van der Waals surface area (Å²) in [4.78, 5) is 42.5. The third kappa shape index (κ3) is 14.8. The molecule has 0 bridgehead atoms. The summed E-state index contributed by atoms with van der Waals surface area (Å²) >= 11 is 0. The van der Waals surface area contributed by atoms with Gasteiger partial charge in [-0.05, 0) is 38.0 Å². The summed E-state index contributed by atoms with van der Waals surface area (Å²) in [5.74, 6) is -2.96. The van der Waals surface area contributed by atoms with E-state index in [2.05, 4.69) is 19.7 Å². The van der Waals surface area contributed by atoms with Gasteiger partial charge in [-0.15, -0.1) is 0 Å². The molecule has 9 heteroatoms. The van der Waals surface area contributed by atoms with Crippen LogP contribution in [0.4, 0.5) is 0 Å². The number of carbonyl (C=O) groups excluding carboxylic acids is 2. The summed E-state index contributed by atoms with van der Waals surface area (Å²) in [6.45, 7) is 13.2. The third-order valence-electron chi connectivity index (χ3n) is 4.08. The zero-order valence-electron chi connectivity index (χ0n) is 20.7. The molecule has 0 spiro atoms. The van der Waals surface area contributed by atoms with Gasteiger partial charge in [0.15, 0.2) is 11.5 Å². The monoisotopic (exact) mass is 510 g/mol. The molecule has 0 atom stereocenters. The molecule has 0 aromatic heterocycles. The van der Waals surface area contributed by atoms with Crippen molar-refractivity contribution in [1.82, 2.24) is 0 Å². The Morgan fingerprint density at radius 2 is 1.43 bits per heavy atom. The Balaban J connectivity index is 0.000000620. The van der Waals surface area contributed by atoms with Crippen molar-refractivity contribution in [3.8, 4) is 11.5 Å². The standard InChI is InChI=1S/C15H16O4.C10H10O3.C3H4O2/c1-11(14(16)17)8-9-12(2)15(18)19-10-13-6-4-3-5-7-13;1-7(2)10(12)13-9-6-4-3-5-8(9)11;1-2-3(4)5/h3-8H,2,9-10H2,1H3,(H,16,17);3-6,11H,1H2,2H3;2H,1H2,(H,4,5). The topological polar surface area (TPSA) is 147 Å². The van der Waals surface area contributed by atoms with Crippen molar-refractivity contribution in [3.05, 3.63) is 109 Å². The van der Waals surface area contributed by atoms with Gasteiger partial charge in [0.05, 0.1) is 0 Å². The Hall–Kier alpha value is -4.92. The van der Waals surface area contributed by atoms with Gasteiger partial charge in [0.1, 0.15) is 6.61 Å². The number of hydrogen-bond donors (Lipinski definition) is 3. The molecule has 9 nitrogen and oxygen atoms in total. The molecule has 37 heavy (non-hydrogen) atoms. The van der Waals surface area contributed by atoms with E-state index in [1.165, 1.54) is 25.1 Å². The van der Waals surface area contributed by atoms with E-state index < -0.39 is 23.9 Å². The average Bonchev–Trinajstić information content (AvgIpc) is 2.88. The molecule has 0 radical (unpaired) electrons. The Labute approximate surface area is 215 Å². The zero-order chi connectivity index (χ0) is 28.4. The zero-order valence-corrected chi connectivity index (χ0v) is 20.7. The Kier molecular flexibility index (Phi) is 15.2. The summed E-state index contributed by atoms with van der Waals surface area (Å²) < 4.78 is 9.89. The maximum Gasteiger partial charge on any atom is 0.338 e.